The fraction of sp³-hybridized carbons (Fsp3) is 0.385. The molecule has 0 N–H and O–H groups in total. The van der Waals surface area contributed by atoms with E-state index in [9.17, 15) is 9.18 Å². The Balaban J connectivity index is 1.37. The molecule has 32 heavy (non-hydrogen) atoms. The number of fused-ring (bicyclic) bond motifs is 1. The van der Waals surface area contributed by atoms with E-state index in [0.717, 1.165) is 62.2 Å². The van der Waals surface area contributed by atoms with E-state index in [1.165, 1.54) is 6.07 Å². The zero-order valence-corrected chi connectivity index (χ0v) is 18.3. The Labute approximate surface area is 188 Å². The van der Waals surface area contributed by atoms with Gasteiger partial charge in [-0.3, -0.25) is 9.69 Å². The summed E-state index contributed by atoms with van der Waals surface area (Å²) in [5.41, 5.74) is 2.34. The number of hydrogen-bond acceptors (Lipinski definition) is 4. The Morgan fingerprint density at radius 2 is 1.66 bits per heavy atom. The van der Waals surface area contributed by atoms with Crippen LogP contribution in [0.4, 0.5) is 10.2 Å². The molecule has 0 spiro atoms. The first-order valence-electron chi connectivity index (χ1n) is 11.6. The molecule has 0 saturated carbocycles. The van der Waals surface area contributed by atoms with Gasteiger partial charge in [-0.05, 0) is 37.5 Å². The molecular weight excluding hydrogens is 403 g/mol. The van der Waals surface area contributed by atoms with Crippen molar-refractivity contribution in [2.75, 3.05) is 44.2 Å². The van der Waals surface area contributed by atoms with Gasteiger partial charge in [0.25, 0.3) is 5.91 Å². The second kappa shape index (κ2) is 9.25. The van der Waals surface area contributed by atoms with Gasteiger partial charge in [-0.25, -0.2) is 9.37 Å². The molecule has 1 amide bonds. The van der Waals surface area contributed by atoms with Crippen molar-refractivity contribution in [3.63, 3.8) is 0 Å². The number of halogens is 1. The number of amides is 1. The summed E-state index contributed by atoms with van der Waals surface area (Å²) in [5, 5.41) is 0.995. The number of pyridine rings is 1. The van der Waals surface area contributed by atoms with Crippen molar-refractivity contribution in [3.05, 3.63) is 71.5 Å². The van der Waals surface area contributed by atoms with E-state index in [1.807, 2.05) is 47.4 Å². The third-order valence-electron chi connectivity index (χ3n) is 6.57. The average Bonchev–Trinajstić information content (AvgIpc) is 3.26. The molecule has 166 valence electrons. The fourth-order valence-corrected chi connectivity index (χ4v) is 4.80. The summed E-state index contributed by atoms with van der Waals surface area (Å²) in [6.07, 6.45) is 3.15. The molecule has 2 saturated heterocycles. The van der Waals surface area contributed by atoms with Crippen molar-refractivity contribution < 1.29 is 9.18 Å². The van der Waals surface area contributed by atoms with Crippen LogP contribution < -0.4 is 4.90 Å². The predicted octanol–water partition coefficient (Wildman–Crippen LogP) is 4.32. The number of hydrogen-bond donors (Lipinski definition) is 0. The molecule has 0 radical (unpaired) electrons. The number of rotatable bonds is 4. The summed E-state index contributed by atoms with van der Waals surface area (Å²) in [6, 6.07) is 17.0. The number of carbonyl (C=O) groups excluding carboxylic acids is 1. The summed E-state index contributed by atoms with van der Waals surface area (Å²) in [5.74, 6) is 0.707. The molecule has 2 fully saturated rings. The third-order valence-corrected chi connectivity index (χ3v) is 6.57. The molecule has 5 nitrogen and oxygen atoms in total. The lowest BCUT2D eigenvalue weighted by molar-refractivity contribution is 0.0761. The molecule has 0 atom stereocenters. The lowest BCUT2D eigenvalue weighted by Gasteiger charge is -2.25. The number of carbonyl (C=O) groups is 1. The van der Waals surface area contributed by atoms with Gasteiger partial charge in [0.15, 0.2) is 0 Å². The molecule has 2 aromatic carbocycles. The van der Waals surface area contributed by atoms with Gasteiger partial charge in [0.2, 0.25) is 0 Å². The maximum absolute atomic E-state index is 14.1. The summed E-state index contributed by atoms with van der Waals surface area (Å²) < 4.78 is 14.1. The number of benzene rings is 2. The van der Waals surface area contributed by atoms with Gasteiger partial charge < -0.3 is 9.80 Å². The molecule has 1 aromatic heterocycles. The minimum Gasteiger partial charge on any atom is -0.356 e. The minimum absolute atomic E-state index is 0.0536. The molecular formula is C26H29FN4O. The van der Waals surface area contributed by atoms with Crippen LogP contribution in [-0.4, -0.2) is 60.0 Å². The van der Waals surface area contributed by atoms with Crippen molar-refractivity contribution in [1.82, 2.24) is 14.8 Å². The Bertz CT molecular complexity index is 1110. The van der Waals surface area contributed by atoms with Crippen LogP contribution in [0.15, 0.2) is 54.6 Å². The Morgan fingerprint density at radius 1 is 0.875 bits per heavy atom. The van der Waals surface area contributed by atoms with Gasteiger partial charge >= 0.3 is 0 Å². The van der Waals surface area contributed by atoms with Crippen molar-refractivity contribution >= 4 is 22.6 Å². The number of anilines is 1. The highest BCUT2D eigenvalue weighted by molar-refractivity contribution is 6.02. The second-order valence-corrected chi connectivity index (χ2v) is 8.76. The van der Waals surface area contributed by atoms with Crippen LogP contribution >= 0.6 is 0 Å². The van der Waals surface area contributed by atoms with Crippen molar-refractivity contribution in [3.8, 4) is 0 Å². The third kappa shape index (κ3) is 4.32. The fourth-order valence-electron chi connectivity index (χ4n) is 4.80. The van der Waals surface area contributed by atoms with Crippen molar-refractivity contribution in [2.24, 2.45) is 0 Å². The van der Waals surface area contributed by atoms with E-state index < -0.39 is 0 Å². The highest BCUT2D eigenvalue weighted by atomic mass is 19.1. The quantitative estimate of drug-likeness (QED) is 0.616. The van der Waals surface area contributed by atoms with E-state index in [4.69, 9.17) is 4.98 Å². The standard InChI is InChI=1S/C26H29FN4O/c27-23-10-3-1-9-21(23)19-29-12-7-15-31(17-16-29)26(32)22-18-20-8-2-4-11-24(20)28-25(22)30-13-5-6-14-30/h1-4,8-11,18H,5-7,12-17,19H2. The maximum Gasteiger partial charge on any atom is 0.257 e. The smallest absolute Gasteiger partial charge is 0.257 e. The SMILES string of the molecule is O=C(c1cc2ccccc2nc1N1CCCC1)N1CCCN(Cc2ccccc2F)CC1. The molecule has 3 heterocycles. The van der Waals surface area contributed by atoms with E-state index in [0.29, 0.717) is 30.8 Å². The Kier molecular flexibility index (Phi) is 6.04. The summed E-state index contributed by atoms with van der Waals surface area (Å²) in [6.45, 7) is 5.40. The van der Waals surface area contributed by atoms with Crippen LogP contribution in [0.3, 0.4) is 0 Å². The van der Waals surface area contributed by atoms with Gasteiger partial charge in [0.05, 0.1) is 11.1 Å². The average molecular weight is 433 g/mol. The van der Waals surface area contributed by atoms with Crippen LogP contribution in [0.1, 0.15) is 35.2 Å². The Morgan fingerprint density at radius 3 is 2.50 bits per heavy atom. The monoisotopic (exact) mass is 432 g/mol. The molecule has 3 aromatic rings. The van der Waals surface area contributed by atoms with Crippen molar-refractivity contribution in [1.29, 1.82) is 0 Å². The maximum atomic E-state index is 14.1. The molecule has 2 aliphatic heterocycles. The van der Waals surface area contributed by atoms with Crippen molar-refractivity contribution in [2.45, 2.75) is 25.8 Å². The summed E-state index contributed by atoms with van der Waals surface area (Å²) in [4.78, 5) is 25.0. The van der Waals surface area contributed by atoms with Crippen LogP contribution in [0, 0.1) is 5.82 Å². The molecule has 0 unspecified atom stereocenters. The minimum atomic E-state index is -0.165. The van der Waals surface area contributed by atoms with Crippen LogP contribution in [0.25, 0.3) is 10.9 Å². The van der Waals surface area contributed by atoms with Crippen LogP contribution in [0.5, 0.6) is 0 Å². The van der Waals surface area contributed by atoms with Gasteiger partial charge in [-0.15, -0.1) is 0 Å². The van der Waals surface area contributed by atoms with E-state index in [-0.39, 0.29) is 11.7 Å². The van der Waals surface area contributed by atoms with Crippen LogP contribution in [0.2, 0.25) is 0 Å². The van der Waals surface area contributed by atoms with Gasteiger partial charge in [-0.2, -0.15) is 0 Å². The van der Waals surface area contributed by atoms with Crippen LogP contribution in [-0.2, 0) is 6.54 Å². The zero-order chi connectivity index (χ0) is 21.9. The predicted molar refractivity (Wildman–Crippen MR) is 125 cm³/mol. The number of para-hydroxylation sites is 1. The first kappa shape index (κ1) is 20.9. The topological polar surface area (TPSA) is 39.7 Å². The molecule has 0 bridgehead atoms. The highest BCUT2D eigenvalue weighted by Gasteiger charge is 2.27. The number of aromatic nitrogens is 1. The lowest BCUT2D eigenvalue weighted by Crippen LogP contribution is -2.36. The summed E-state index contributed by atoms with van der Waals surface area (Å²) >= 11 is 0. The normalized spacial score (nSPS) is 17.7. The number of nitrogens with zero attached hydrogens (tertiary/aromatic N) is 4. The second-order valence-electron chi connectivity index (χ2n) is 8.76. The molecule has 2 aliphatic rings. The zero-order valence-electron chi connectivity index (χ0n) is 18.3. The van der Waals surface area contributed by atoms with E-state index in [2.05, 4.69) is 9.80 Å². The highest BCUT2D eigenvalue weighted by Crippen LogP contribution is 2.28. The molecule has 5 rings (SSSR count). The van der Waals surface area contributed by atoms with E-state index >= 15 is 0 Å². The van der Waals surface area contributed by atoms with Gasteiger partial charge in [-0.1, -0.05) is 36.4 Å². The lowest BCUT2D eigenvalue weighted by atomic mass is 10.1. The first-order valence-corrected chi connectivity index (χ1v) is 11.6. The largest absolute Gasteiger partial charge is 0.356 e. The van der Waals surface area contributed by atoms with Gasteiger partial charge in [0, 0.05) is 56.8 Å². The summed E-state index contributed by atoms with van der Waals surface area (Å²) in [7, 11) is 0. The Hall–Kier alpha value is -2.99. The van der Waals surface area contributed by atoms with E-state index in [1.54, 1.807) is 6.07 Å². The molecule has 0 aliphatic carbocycles. The molecule has 6 heteroatoms. The van der Waals surface area contributed by atoms with Gasteiger partial charge in [0.1, 0.15) is 11.6 Å². The first-order chi connectivity index (χ1) is 15.7.